The van der Waals surface area contributed by atoms with Crippen molar-refractivity contribution in [3.63, 3.8) is 0 Å². The maximum atomic E-state index is 11.6. The van der Waals surface area contributed by atoms with Crippen LogP contribution in [0.5, 0.6) is 0 Å². The normalized spacial score (nSPS) is 9.73. The molecule has 0 spiro atoms. The van der Waals surface area contributed by atoms with E-state index in [0.717, 1.165) is 8.58 Å². The molecule has 4 heteroatoms. The highest BCUT2D eigenvalue weighted by Crippen LogP contribution is 2.09. The molecule has 4 aromatic rings. The molecule has 0 amide bonds. The van der Waals surface area contributed by atoms with E-state index in [2.05, 4.69) is 60.7 Å². The predicted molar refractivity (Wildman–Crippen MR) is 123 cm³/mol. The highest BCUT2D eigenvalue weighted by atomic mass is 31.1. The summed E-state index contributed by atoms with van der Waals surface area (Å²) in [5.41, 5.74) is 0.716. The molecule has 0 aliphatic carbocycles. The van der Waals surface area contributed by atoms with Gasteiger partial charge in [0.1, 0.15) is 0 Å². The van der Waals surface area contributed by atoms with Gasteiger partial charge in [-0.25, -0.2) is 9.59 Å². The van der Waals surface area contributed by atoms with Gasteiger partial charge in [0.25, 0.3) is 0 Å². The third kappa shape index (κ3) is 6.80. The molecule has 0 unspecified atom stereocenters. The van der Waals surface area contributed by atoms with Crippen LogP contribution in [0.2, 0.25) is 0 Å². The number of hydrogen-bond donors (Lipinski definition) is 0. The zero-order chi connectivity index (χ0) is 21.0. The molecule has 0 heterocycles. The van der Waals surface area contributed by atoms with Crippen molar-refractivity contribution in [1.82, 2.24) is 0 Å². The lowest BCUT2D eigenvalue weighted by molar-refractivity contribution is 0.0398. The summed E-state index contributed by atoms with van der Waals surface area (Å²) in [6.07, 6.45) is 0. The average molecular weight is 412 g/mol. The number of ether oxygens (including phenoxy) is 1. The largest absolute Gasteiger partial charge is 0.386 e. The zero-order valence-corrected chi connectivity index (χ0v) is 17.3. The van der Waals surface area contributed by atoms with E-state index in [-0.39, 0.29) is 0 Å². The minimum atomic E-state index is -0.639. The topological polar surface area (TPSA) is 43.4 Å². The van der Waals surface area contributed by atoms with Crippen molar-refractivity contribution in [2.24, 2.45) is 0 Å². The molecule has 0 bridgehead atoms. The van der Waals surface area contributed by atoms with Crippen molar-refractivity contribution in [3.05, 3.63) is 132 Å². The molecule has 0 atom stereocenters. The van der Waals surface area contributed by atoms with Crippen molar-refractivity contribution in [2.45, 2.75) is 0 Å². The monoisotopic (exact) mass is 412 g/mol. The first-order valence-corrected chi connectivity index (χ1v) is 10.5. The first kappa shape index (κ1) is 21.2. The number of rotatable bonds is 4. The van der Waals surface area contributed by atoms with E-state index in [1.54, 1.807) is 60.7 Å². The zero-order valence-electron chi connectivity index (χ0n) is 16.3. The lowest BCUT2D eigenvalue weighted by atomic mass is 10.2. The second-order valence-corrected chi connectivity index (χ2v) is 7.67. The maximum absolute atomic E-state index is 11.6. The Hall–Kier alpha value is -3.55. The van der Waals surface area contributed by atoms with Gasteiger partial charge in [0.15, 0.2) is 0 Å². The van der Waals surface area contributed by atoms with Crippen LogP contribution in [-0.4, -0.2) is 11.9 Å². The minimum Gasteiger partial charge on any atom is -0.386 e. The fraction of sp³-hybridized carbons (Fsp3) is 0. The average Bonchev–Trinajstić information content (AvgIpc) is 2.82. The van der Waals surface area contributed by atoms with Crippen molar-refractivity contribution in [3.8, 4) is 0 Å². The second kappa shape index (κ2) is 11.5. The Bertz CT molecular complexity index is 963. The van der Waals surface area contributed by atoms with Gasteiger partial charge < -0.3 is 4.74 Å². The Kier molecular flexibility index (Phi) is 8.08. The van der Waals surface area contributed by atoms with Crippen molar-refractivity contribution in [1.29, 1.82) is 0 Å². The van der Waals surface area contributed by atoms with Crippen molar-refractivity contribution >= 4 is 31.1 Å². The highest BCUT2D eigenvalue weighted by molar-refractivity contribution is 7.55. The molecule has 0 saturated carbocycles. The third-order valence-electron chi connectivity index (χ3n) is 4.04. The molecular weight excluding hydrogens is 391 g/mol. The van der Waals surface area contributed by atoms with Crippen LogP contribution in [0.1, 0.15) is 20.7 Å². The smallest absolute Gasteiger partial charge is 0.346 e. The molecule has 30 heavy (non-hydrogen) atoms. The SMILES string of the molecule is O=C(OC(=O)c1ccccc1)c1ccccc1.c1ccc(Pc2ccccc2)cc1. The van der Waals surface area contributed by atoms with E-state index in [1.807, 2.05) is 0 Å². The van der Waals surface area contributed by atoms with E-state index in [0.29, 0.717) is 11.1 Å². The Morgan fingerprint density at radius 2 is 0.767 bits per heavy atom. The molecule has 148 valence electrons. The predicted octanol–water partition coefficient (Wildman–Crippen LogP) is 5.00. The van der Waals surface area contributed by atoms with Gasteiger partial charge in [-0.05, 0) is 34.9 Å². The van der Waals surface area contributed by atoms with Gasteiger partial charge in [-0.3, -0.25) is 0 Å². The van der Waals surface area contributed by atoms with E-state index in [9.17, 15) is 9.59 Å². The Morgan fingerprint density at radius 3 is 1.10 bits per heavy atom. The molecule has 4 aromatic carbocycles. The van der Waals surface area contributed by atoms with Crippen LogP contribution in [0.3, 0.4) is 0 Å². The van der Waals surface area contributed by atoms with Crippen molar-refractivity contribution in [2.75, 3.05) is 0 Å². The van der Waals surface area contributed by atoms with Crippen LogP contribution >= 0.6 is 8.58 Å². The number of carbonyl (C=O) groups excluding carboxylic acids is 2. The number of hydrogen-bond acceptors (Lipinski definition) is 3. The van der Waals surface area contributed by atoms with E-state index >= 15 is 0 Å². The van der Waals surface area contributed by atoms with E-state index in [4.69, 9.17) is 4.74 Å². The standard InChI is InChI=1S/C14H10O3.C12H11P/c15-13(11-7-3-1-4-8-11)17-14(16)12-9-5-2-6-10-12;1-3-7-11(8-4-1)13-12-9-5-2-6-10-12/h1-10H;1-10,13H. The Labute approximate surface area is 178 Å². The lowest BCUT2D eigenvalue weighted by Crippen LogP contribution is -2.12. The summed E-state index contributed by atoms with van der Waals surface area (Å²) >= 11 is 0. The maximum Gasteiger partial charge on any atom is 0.346 e. The van der Waals surface area contributed by atoms with Crippen LogP contribution < -0.4 is 10.6 Å². The summed E-state index contributed by atoms with van der Waals surface area (Å²) in [4.78, 5) is 23.2. The summed E-state index contributed by atoms with van der Waals surface area (Å²) in [6.45, 7) is 0. The van der Waals surface area contributed by atoms with Gasteiger partial charge >= 0.3 is 11.9 Å². The van der Waals surface area contributed by atoms with Gasteiger partial charge in [0.05, 0.1) is 11.1 Å². The minimum absolute atomic E-state index is 0.358. The van der Waals surface area contributed by atoms with Crippen LogP contribution in [0.4, 0.5) is 0 Å². The molecule has 0 aliphatic heterocycles. The summed E-state index contributed by atoms with van der Waals surface area (Å²) < 4.78 is 4.74. The third-order valence-corrected chi connectivity index (χ3v) is 5.28. The number of carbonyl (C=O) groups is 2. The van der Waals surface area contributed by atoms with Gasteiger partial charge in [0.2, 0.25) is 0 Å². The van der Waals surface area contributed by atoms with Gasteiger partial charge in [0, 0.05) is 0 Å². The van der Waals surface area contributed by atoms with E-state index < -0.39 is 11.9 Å². The van der Waals surface area contributed by atoms with Crippen LogP contribution in [-0.2, 0) is 4.74 Å². The van der Waals surface area contributed by atoms with Crippen molar-refractivity contribution < 1.29 is 14.3 Å². The van der Waals surface area contributed by atoms with Gasteiger partial charge in [-0.1, -0.05) is 106 Å². The first-order chi connectivity index (χ1) is 14.7. The first-order valence-electron chi connectivity index (χ1n) is 9.46. The summed E-state index contributed by atoms with van der Waals surface area (Å²) in [7, 11) is 0.777. The molecule has 0 N–H and O–H groups in total. The molecular formula is C26H21O3P. The Morgan fingerprint density at radius 1 is 0.467 bits per heavy atom. The second-order valence-electron chi connectivity index (χ2n) is 6.27. The summed E-state index contributed by atoms with van der Waals surface area (Å²) in [5, 5.41) is 2.79. The summed E-state index contributed by atoms with van der Waals surface area (Å²) in [6, 6.07) is 38.0. The molecule has 3 nitrogen and oxygen atoms in total. The molecule has 0 aromatic heterocycles. The number of benzene rings is 4. The van der Waals surface area contributed by atoms with Crippen LogP contribution in [0, 0.1) is 0 Å². The van der Waals surface area contributed by atoms with E-state index in [1.165, 1.54) is 10.6 Å². The molecule has 0 radical (unpaired) electrons. The molecule has 0 aliphatic rings. The van der Waals surface area contributed by atoms with Crippen LogP contribution in [0.15, 0.2) is 121 Å². The van der Waals surface area contributed by atoms with Gasteiger partial charge in [-0.2, -0.15) is 0 Å². The summed E-state index contributed by atoms with van der Waals surface area (Å²) in [5.74, 6) is -1.28. The highest BCUT2D eigenvalue weighted by Gasteiger charge is 2.13. The molecule has 0 fully saturated rings. The molecule has 0 saturated heterocycles. The van der Waals surface area contributed by atoms with Crippen LogP contribution in [0.25, 0.3) is 0 Å². The number of esters is 2. The Balaban J connectivity index is 0.000000177. The fourth-order valence-corrected chi connectivity index (χ4v) is 3.61. The fourth-order valence-electron chi connectivity index (χ4n) is 2.56. The quantitative estimate of drug-likeness (QED) is 0.269. The van der Waals surface area contributed by atoms with Gasteiger partial charge in [-0.15, -0.1) is 0 Å². The lowest BCUT2D eigenvalue weighted by Gasteiger charge is -2.02. The molecule has 4 rings (SSSR count).